The molecule has 3 unspecified atom stereocenters. The molecule has 0 radical (unpaired) electrons. The molecule has 3 atom stereocenters. The quantitative estimate of drug-likeness (QED) is 0.527. The largest absolute Gasteiger partial charge is 0.508 e. The number of carbonyl (C=O) groups excluding carboxylic acids is 3. The van der Waals surface area contributed by atoms with Crippen molar-refractivity contribution in [2.75, 3.05) is 6.61 Å². The Morgan fingerprint density at radius 1 is 1.06 bits per heavy atom. The molecule has 1 heterocycles. The first-order valence-corrected chi connectivity index (χ1v) is 11.5. The molecule has 7 heteroatoms. The van der Waals surface area contributed by atoms with Gasteiger partial charge in [0.05, 0.1) is 6.10 Å². The summed E-state index contributed by atoms with van der Waals surface area (Å²) in [5, 5.41) is 17.2. The summed E-state index contributed by atoms with van der Waals surface area (Å²) in [6.45, 7) is -0.00403. The second kappa shape index (κ2) is 8.91. The first-order chi connectivity index (χ1) is 16.5. The topological polar surface area (TPSA) is 105 Å². The molecule has 3 aromatic carbocycles. The fraction of sp³-hybridized carbons (Fsp3) is 0.296. The van der Waals surface area contributed by atoms with Gasteiger partial charge in [-0.15, -0.1) is 0 Å². The van der Waals surface area contributed by atoms with Crippen LogP contribution in [0.15, 0.2) is 66.7 Å². The average Bonchev–Trinajstić information content (AvgIpc) is 3.38. The minimum atomic E-state index is -1.02. The van der Waals surface area contributed by atoms with Crippen LogP contribution in [-0.4, -0.2) is 47.0 Å². The normalized spacial score (nSPS) is 22.4. The number of phenolic OH excluding ortho intramolecular Hbond substituents is 1. The molecule has 7 nitrogen and oxygen atoms in total. The van der Waals surface area contributed by atoms with E-state index in [1.54, 1.807) is 18.2 Å². The van der Waals surface area contributed by atoms with Crippen molar-refractivity contribution in [1.29, 1.82) is 0 Å². The molecule has 2 fully saturated rings. The van der Waals surface area contributed by atoms with Crippen LogP contribution in [0.5, 0.6) is 5.75 Å². The third-order valence-corrected chi connectivity index (χ3v) is 6.88. The minimum Gasteiger partial charge on any atom is -0.508 e. The first-order valence-electron chi connectivity index (χ1n) is 11.5. The second-order valence-electron chi connectivity index (χ2n) is 9.00. The zero-order chi connectivity index (χ0) is 23.7. The summed E-state index contributed by atoms with van der Waals surface area (Å²) in [6.07, 6.45) is 1.93. The second-order valence-corrected chi connectivity index (χ2v) is 9.00. The molecule has 1 saturated heterocycles. The Kier molecular flexibility index (Phi) is 5.79. The molecule has 2 amide bonds. The smallest absolute Gasteiger partial charge is 0.252 e. The van der Waals surface area contributed by atoms with E-state index in [2.05, 4.69) is 10.6 Å². The number of Topliss-reactive ketones (excluding diaryl/α,β-unsaturated/α-hetero) is 1. The highest BCUT2D eigenvalue weighted by molar-refractivity contribution is 6.08. The van der Waals surface area contributed by atoms with Crippen LogP contribution in [0, 0.1) is 0 Å². The Labute approximate surface area is 197 Å². The van der Waals surface area contributed by atoms with Crippen LogP contribution >= 0.6 is 0 Å². The Morgan fingerprint density at radius 2 is 1.82 bits per heavy atom. The van der Waals surface area contributed by atoms with Crippen molar-refractivity contribution in [2.24, 2.45) is 0 Å². The number of aromatic hydroxyl groups is 1. The Bertz CT molecular complexity index is 1250. The fourth-order valence-electron chi connectivity index (χ4n) is 5.08. The summed E-state index contributed by atoms with van der Waals surface area (Å²) in [7, 11) is 0. The average molecular weight is 459 g/mol. The van der Waals surface area contributed by atoms with Gasteiger partial charge in [-0.3, -0.25) is 14.4 Å². The maximum Gasteiger partial charge on any atom is 0.252 e. The van der Waals surface area contributed by atoms with Gasteiger partial charge in [-0.25, -0.2) is 0 Å². The molecule has 5 rings (SSSR count). The lowest BCUT2D eigenvalue weighted by atomic mass is 9.91. The van der Waals surface area contributed by atoms with Crippen LogP contribution in [0.1, 0.15) is 35.2 Å². The summed E-state index contributed by atoms with van der Waals surface area (Å²) in [4.78, 5) is 39.5. The zero-order valence-electron chi connectivity index (χ0n) is 18.6. The molecule has 174 valence electrons. The minimum absolute atomic E-state index is 0.00403. The van der Waals surface area contributed by atoms with Gasteiger partial charge in [0.2, 0.25) is 5.91 Å². The number of ketones is 1. The number of fused-ring (bicyclic) bond motifs is 2. The number of ether oxygens (including phenoxy) is 1. The van der Waals surface area contributed by atoms with E-state index in [9.17, 15) is 19.5 Å². The van der Waals surface area contributed by atoms with Gasteiger partial charge >= 0.3 is 0 Å². The van der Waals surface area contributed by atoms with Crippen LogP contribution in [0.4, 0.5) is 0 Å². The van der Waals surface area contributed by atoms with Crippen LogP contribution in [0.3, 0.4) is 0 Å². The highest BCUT2D eigenvalue weighted by atomic mass is 16.5. The van der Waals surface area contributed by atoms with Crippen molar-refractivity contribution < 1.29 is 24.2 Å². The highest BCUT2D eigenvalue weighted by Crippen LogP contribution is 2.38. The Morgan fingerprint density at radius 3 is 2.65 bits per heavy atom. The van der Waals surface area contributed by atoms with E-state index in [1.165, 1.54) is 12.1 Å². The highest BCUT2D eigenvalue weighted by Gasteiger charge is 2.55. The van der Waals surface area contributed by atoms with Gasteiger partial charge in [0.1, 0.15) is 23.9 Å². The zero-order valence-corrected chi connectivity index (χ0v) is 18.6. The fourth-order valence-corrected chi connectivity index (χ4v) is 5.08. The molecule has 0 bridgehead atoms. The third-order valence-electron chi connectivity index (χ3n) is 6.88. The van der Waals surface area contributed by atoms with E-state index in [0.29, 0.717) is 12.0 Å². The number of amides is 2. The van der Waals surface area contributed by atoms with Crippen molar-refractivity contribution in [2.45, 2.75) is 43.4 Å². The van der Waals surface area contributed by atoms with Crippen LogP contribution in [0.25, 0.3) is 10.8 Å². The maximum atomic E-state index is 13.5. The number of rotatable bonds is 6. The summed E-state index contributed by atoms with van der Waals surface area (Å²) in [6, 6.07) is 18.6. The van der Waals surface area contributed by atoms with E-state index in [4.69, 9.17) is 4.74 Å². The molecular weight excluding hydrogens is 432 g/mol. The van der Waals surface area contributed by atoms with Gasteiger partial charge in [-0.05, 0) is 53.8 Å². The van der Waals surface area contributed by atoms with E-state index in [0.717, 1.165) is 29.2 Å². The number of phenols is 1. The lowest BCUT2D eigenvalue weighted by Crippen LogP contribution is -2.60. The molecule has 0 spiro atoms. The first kappa shape index (κ1) is 22.1. The van der Waals surface area contributed by atoms with Crippen molar-refractivity contribution in [1.82, 2.24) is 10.6 Å². The number of benzene rings is 3. The van der Waals surface area contributed by atoms with E-state index < -0.39 is 17.5 Å². The Hall–Kier alpha value is -3.71. The molecule has 2 aliphatic rings. The van der Waals surface area contributed by atoms with Crippen LogP contribution < -0.4 is 10.6 Å². The maximum absolute atomic E-state index is 13.5. The number of carbonyl (C=O) groups is 3. The number of nitrogens with one attached hydrogen (secondary N) is 2. The van der Waals surface area contributed by atoms with E-state index in [1.807, 2.05) is 36.4 Å². The monoisotopic (exact) mass is 458 g/mol. The standard InChI is InChI=1S/C27H26N2O5/c30-19-12-10-17(11-13-19)15-22(26(33)29-27-14-4-9-24(27)34-16-23(27)31)28-25(32)21-8-3-6-18-5-1-2-7-20(18)21/h1-3,5-8,10-13,22,24,30H,4,9,14-16H2,(H,28,32)(H,29,33). The Balaban J connectivity index is 1.43. The van der Waals surface area contributed by atoms with Gasteiger partial charge in [-0.2, -0.15) is 0 Å². The summed E-state index contributed by atoms with van der Waals surface area (Å²) >= 11 is 0. The van der Waals surface area contributed by atoms with Gasteiger partial charge < -0.3 is 20.5 Å². The molecule has 3 aromatic rings. The molecule has 1 saturated carbocycles. The number of hydrogen-bond acceptors (Lipinski definition) is 5. The number of hydrogen-bond donors (Lipinski definition) is 3. The van der Waals surface area contributed by atoms with Crippen LogP contribution in [-0.2, 0) is 20.7 Å². The lowest BCUT2D eigenvalue weighted by molar-refractivity contribution is -0.131. The molecule has 34 heavy (non-hydrogen) atoms. The molecule has 1 aliphatic heterocycles. The summed E-state index contributed by atoms with van der Waals surface area (Å²) in [5.41, 5.74) is 0.221. The lowest BCUT2D eigenvalue weighted by Gasteiger charge is -2.30. The van der Waals surface area contributed by atoms with Crippen molar-refractivity contribution in [3.05, 3.63) is 77.9 Å². The summed E-state index contributed by atoms with van der Waals surface area (Å²) < 4.78 is 5.62. The predicted octanol–water partition coefficient (Wildman–Crippen LogP) is 2.89. The van der Waals surface area contributed by atoms with Crippen molar-refractivity contribution in [3.63, 3.8) is 0 Å². The van der Waals surface area contributed by atoms with Gasteiger partial charge in [0.15, 0.2) is 5.78 Å². The molecule has 1 aliphatic carbocycles. The SMILES string of the molecule is O=C(NC(Cc1ccc(O)cc1)C(=O)NC12CCCC1OCC2=O)c1cccc2ccccc12. The van der Waals surface area contributed by atoms with E-state index in [-0.39, 0.29) is 36.6 Å². The van der Waals surface area contributed by atoms with Gasteiger partial charge in [0.25, 0.3) is 5.91 Å². The predicted molar refractivity (Wildman–Crippen MR) is 126 cm³/mol. The van der Waals surface area contributed by atoms with Crippen molar-refractivity contribution in [3.8, 4) is 5.75 Å². The van der Waals surface area contributed by atoms with E-state index >= 15 is 0 Å². The molecular formula is C27H26N2O5. The molecule has 0 aromatic heterocycles. The van der Waals surface area contributed by atoms with Gasteiger partial charge in [-0.1, -0.05) is 48.5 Å². The third kappa shape index (κ3) is 4.03. The molecule has 3 N–H and O–H groups in total. The van der Waals surface area contributed by atoms with Crippen molar-refractivity contribution >= 4 is 28.4 Å². The summed E-state index contributed by atoms with van der Waals surface area (Å²) in [5.74, 6) is -0.796. The van der Waals surface area contributed by atoms with Crippen LogP contribution in [0.2, 0.25) is 0 Å². The van der Waals surface area contributed by atoms with Gasteiger partial charge in [0, 0.05) is 12.0 Å².